The number of rotatable bonds is 1. The number of halogens is 1. The fourth-order valence-corrected chi connectivity index (χ4v) is 2.80. The molecule has 0 aromatic heterocycles. The second-order valence-corrected chi connectivity index (χ2v) is 4.67. The molecule has 2 heterocycles. The molecule has 0 unspecified atom stereocenters. The molecule has 2 aliphatic heterocycles. The van der Waals surface area contributed by atoms with Crippen LogP contribution in [0.5, 0.6) is 0 Å². The summed E-state index contributed by atoms with van der Waals surface area (Å²) in [6, 6.07) is 5.11. The zero-order chi connectivity index (χ0) is 11.8. The Morgan fingerprint density at radius 3 is 2.82 bits per heavy atom. The van der Waals surface area contributed by atoms with E-state index in [-0.39, 0.29) is 17.8 Å². The number of anilines is 1. The highest BCUT2D eigenvalue weighted by Gasteiger charge is 2.35. The molecule has 1 N–H and O–H groups in total. The summed E-state index contributed by atoms with van der Waals surface area (Å²) >= 11 is 0. The van der Waals surface area contributed by atoms with Crippen LogP contribution in [-0.4, -0.2) is 25.0 Å². The smallest absolute Gasteiger partial charge is 0.231 e. The number of nitrogens with one attached hydrogen (secondary N) is 1. The van der Waals surface area contributed by atoms with Crippen molar-refractivity contribution in [2.45, 2.75) is 25.3 Å². The van der Waals surface area contributed by atoms with Crippen molar-refractivity contribution in [3.05, 3.63) is 29.6 Å². The van der Waals surface area contributed by atoms with Gasteiger partial charge in [0.2, 0.25) is 5.91 Å². The molecule has 90 valence electrons. The molecular formula is C13H15FN2O. The Balaban J connectivity index is 1.98. The van der Waals surface area contributed by atoms with Gasteiger partial charge in [-0.05, 0) is 37.6 Å². The van der Waals surface area contributed by atoms with E-state index in [4.69, 9.17) is 0 Å². The first-order chi connectivity index (χ1) is 8.27. The lowest BCUT2D eigenvalue weighted by molar-refractivity contribution is -0.117. The highest BCUT2D eigenvalue weighted by molar-refractivity contribution is 6.02. The molecule has 4 heteroatoms. The van der Waals surface area contributed by atoms with Crippen molar-refractivity contribution in [2.75, 3.05) is 18.0 Å². The van der Waals surface area contributed by atoms with Crippen molar-refractivity contribution in [3.8, 4) is 0 Å². The SMILES string of the molecule is O=C1Cc2cccc(F)c2N1C1CCNCC1. The van der Waals surface area contributed by atoms with E-state index in [0.717, 1.165) is 31.5 Å². The monoisotopic (exact) mass is 234 g/mol. The number of nitrogens with zero attached hydrogens (tertiary/aromatic N) is 1. The average molecular weight is 234 g/mol. The number of carbonyl (C=O) groups is 1. The number of hydrogen-bond donors (Lipinski definition) is 1. The number of fused-ring (bicyclic) bond motifs is 1. The fourth-order valence-electron chi connectivity index (χ4n) is 2.80. The standard InChI is InChI=1S/C13H15FN2O/c14-11-3-1-2-9-8-12(17)16(13(9)11)10-4-6-15-7-5-10/h1-3,10,15H,4-8H2. The van der Waals surface area contributed by atoms with Crippen LogP contribution >= 0.6 is 0 Å². The lowest BCUT2D eigenvalue weighted by atomic mass is 10.0. The molecular weight excluding hydrogens is 219 g/mol. The number of amides is 1. The van der Waals surface area contributed by atoms with Gasteiger partial charge in [0.05, 0.1) is 12.1 Å². The van der Waals surface area contributed by atoms with Gasteiger partial charge < -0.3 is 10.2 Å². The number of carbonyl (C=O) groups excluding carboxylic acids is 1. The van der Waals surface area contributed by atoms with E-state index in [1.807, 2.05) is 6.07 Å². The van der Waals surface area contributed by atoms with E-state index in [9.17, 15) is 9.18 Å². The third kappa shape index (κ3) is 1.72. The van der Waals surface area contributed by atoms with Crippen LogP contribution in [0.4, 0.5) is 10.1 Å². The van der Waals surface area contributed by atoms with Gasteiger partial charge in [-0.1, -0.05) is 12.1 Å². The largest absolute Gasteiger partial charge is 0.317 e. The molecule has 1 aromatic rings. The Bertz CT molecular complexity index is 455. The van der Waals surface area contributed by atoms with Gasteiger partial charge in [-0.2, -0.15) is 0 Å². The summed E-state index contributed by atoms with van der Waals surface area (Å²) in [5.41, 5.74) is 1.35. The summed E-state index contributed by atoms with van der Waals surface area (Å²) in [5.74, 6) is -0.233. The topological polar surface area (TPSA) is 32.3 Å². The first kappa shape index (κ1) is 10.7. The van der Waals surface area contributed by atoms with E-state index in [1.54, 1.807) is 11.0 Å². The van der Waals surface area contributed by atoms with E-state index in [2.05, 4.69) is 5.32 Å². The Labute approximate surface area is 99.6 Å². The Morgan fingerprint density at radius 1 is 1.29 bits per heavy atom. The van der Waals surface area contributed by atoms with Gasteiger partial charge >= 0.3 is 0 Å². The molecule has 2 aliphatic rings. The summed E-state index contributed by atoms with van der Waals surface area (Å²) in [5, 5.41) is 3.26. The van der Waals surface area contributed by atoms with Crippen LogP contribution in [0.15, 0.2) is 18.2 Å². The predicted octanol–water partition coefficient (Wildman–Crippen LogP) is 1.47. The normalized spacial score (nSPS) is 20.8. The molecule has 0 saturated carbocycles. The van der Waals surface area contributed by atoms with E-state index >= 15 is 0 Å². The first-order valence-electron chi connectivity index (χ1n) is 6.07. The predicted molar refractivity (Wildman–Crippen MR) is 63.5 cm³/mol. The zero-order valence-corrected chi connectivity index (χ0v) is 9.58. The lowest BCUT2D eigenvalue weighted by Gasteiger charge is -2.32. The summed E-state index contributed by atoms with van der Waals surface area (Å²) < 4.78 is 13.9. The molecule has 0 spiro atoms. The van der Waals surface area contributed by atoms with Gasteiger partial charge in [-0.25, -0.2) is 4.39 Å². The zero-order valence-electron chi connectivity index (χ0n) is 9.58. The van der Waals surface area contributed by atoms with Gasteiger partial charge in [0, 0.05) is 6.04 Å². The van der Waals surface area contributed by atoms with E-state index in [1.165, 1.54) is 6.07 Å². The second-order valence-electron chi connectivity index (χ2n) is 4.67. The van der Waals surface area contributed by atoms with E-state index in [0.29, 0.717) is 12.1 Å². The molecule has 0 aliphatic carbocycles. The third-order valence-electron chi connectivity index (χ3n) is 3.60. The van der Waals surface area contributed by atoms with Crippen LogP contribution in [-0.2, 0) is 11.2 Å². The van der Waals surface area contributed by atoms with Crippen LogP contribution in [0.25, 0.3) is 0 Å². The van der Waals surface area contributed by atoms with Gasteiger partial charge in [-0.15, -0.1) is 0 Å². The molecule has 3 nitrogen and oxygen atoms in total. The summed E-state index contributed by atoms with van der Waals surface area (Å²) in [6.45, 7) is 1.80. The first-order valence-corrected chi connectivity index (χ1v) is 6.07. The van der Waals surface area contributed by atoms with Crippen molar-refractivity contribution in [2.24, 2.45) is 0 Å². The molecule has 3 rings (SSSR count). The van der Waals surface area contributed by atoms with Crippen LogP contribution in [0.3, 0.4) is 0 Å². The van der Waals surface area contributed by atoms with Crippen LogP contribution in [0.2, 0.25) is 0 Å². The molecule has 1 aromatic carbocycles. The molecule has 1 amide bonds. The third-order valence-corrected chi connectivity index (χ3v) is 3.60. The van der Waals surface area contributed by atoms with Crippen molar-refractivity contribution >= 4 is 11.6 Å². The maximum Gasteiger partial charge on any atom is 0.231 e. The quantitative estimate of drug-likeness (QED) is 0.798. The Kier molecular flexibility index (Phi) is 2.59. The maximum absolute atomic E-state index is 13.9. The Hall–Kier alpha value is -1.42. The summed E-state index contributed by atoms with van der Waals surface area (Å²) in [4.78, 5) is 13.7. The molecule has 1 saturated heterocycles. The molecule has 17 heavy (non-hydrogen) atoms. The fraction of sp³-hybridized carbons (Fsp3) is 0.462. The summed E-state index contributed by atoms with van der Waals surface area (Å²) in [6.07, 6.45) is 2.15. The van der Waals surface area contributed by atoms with Crippen molar-refractivity contribution in [3.63, 3.8) is 0 Å². The number of piperidine rings is 1. The van der Waals surface area contributed by atoms with Crippen molar-refractivity contribution in [1.82, 2.24) is 5.32 Å². The van der Waals surface area contributed by atoms with Gasteiger partial charge in [0.1, 0.15) is 5.82 Å². The highest BCUT2D eigenvalue weighted by atomic mass is 19.1. The van der Waals surface area contributed by atoms with Crippen molar-refractivity contribution in [1.29, 1.82) is 0 Å². The highest BCUT2D eigenvalue weighted by Crippen LogP contribution is 2.34. The molecule has 0 radical (unpaired) electrons. The second kappa shape index (κ2) is 4.11. The van der Waals surface area contributed by atoms with Gasteiger partial charge in [0.25, 0.3) is 0 Å². The van der Waals surface area contributed by atoms with Gasteiger partial charge in [0.15, 0.2) is 0 Å². The van der Waals surface area contributed by atoms with Crippen LogP contribution in [0, 0.1) is 5.82 Å². The number of hydrogen-bond acceptors (Lipinski definition) is 2. The minimum Gasteiger partial charge on any atom is -0.317 e. The molecule has 1 fully saturated rings. The lowest BCUT2D eigenvalue weighted by Crippen LogP contribution is -2.45. The van der Waals surface area contributed by atoms with E-state index < -0.39 is 0 Å². The Morgan fingerprint density at radius 2 is 2.06 bits per heavy atom. The molecule has 0 bridgehead atoms. The minimum absolute atomic E-state index is 0.0389. The van der Waals surface area contributed by atoms with Crippen LogP contribution < -0.4 is 10.2 Å². The summed E-state index contributed by atoms with van der Waals surface area (Å²) in [7, 11) is 0. The van der Waals surface area contributed by atoms with Crippen molar-refractivity contribution < 1.29 is 9.18 Å². The number of benzene rings is 1. The average Bonchev–Trinajstić information content (AvgIpc) is 2.68. The molecule has 0 atom stereocenters. The van der Waals surface area contributed by atoms with Gasteiger partial charge in [-0.3, -0.25) is 4.79 Å². The van der Waals surface area contributed by atoms with Crippen LogP contribution in [0.1, 0.15) is 18.4 Å². The minimum atomic E-state index is -0.271. The maximum atomic E-state index is 13.9. The number of para-hydroxylation sites is 1.